The Balaban J connectivity index is 1.37. The first-order valence-electron chi connectivity index (χ1n) is 13.6. The summed E-state index contributed by atoms with van der Waals surface area (Å²) >= 11 is 0. The van der Waals surface area contributed by atoms with Crippen molar-refractivity contribution in [2.75, 3.05) is 6.61 Å². The van der Waals surface area contributed by atoms with Gasteiger partial charge in [-0.25, -0.2) is 0 Å². The lowest BCUT2D eigenvalue weighted by Crippen LogP contribution is -2.67. The first-order valence-corrected chi connectivity index (χ1v) is 15.5. The molecule has 1 saturated carbocycles. The minimum Gasteiger partial charge on any atom is -0.404 e. The zero-order valence-corrected chi connectivity index (χ0v) is 23.5. The van der Waals surface area contributed by atoms with Crippen LogP contribution in [0.3, 0.4) is 0 Å². The second kappa shape index (κ2) is 12.3. The van der Waals surface area contributed by atoms with E-state index in [1.54, 1.807) is 0 Å². The van der Waals surface area contributed by atoms with Crippen LogP contribution in [0.1, 0.15) is 58.9 Å². The molecule has 0 aliphatic heterocycles. The highest BCUT2D eigenvalue weighted by molar-refractivity contribution is 6.99. The Hall–Kier alpha value is -2.24. The van der Waals surface area contributed by atoms with Crippen LogP contribution in [-0.4, -0.2) is 33.2 Å². The lowest BCUT2D eigenvalue weighted by atomic mass is 9.95. The number of rotatable bonds is 10. The number of benzene rings is 3. The van der Waals surface area contributed by atoms with E-state index in [0.29, 0.717) is 12.1 Å². The highest BCUT2D eigenvalue weighted by Crippen LogP contribution is 2.39. The number of hydrogen-bond acceptors (Lipinski definition) is 3. The molecule has 3 aromatic carbocycles. The van der Waals surface area contributed by atoms with Crippen molar-refractivity contribution in [2.24, 2.45) is 0 Å². The second-order valence-corrected chi connectivity index (χ2v) is 15.5. The maximum Gasteiger partial charge on any atom is 0.261 e. The zero-order chi connectivity index (χ0) is 25.4. The van der Waals surface area contributed by atoms with Crippen LogP contribution in [0.15, 0.2) is 91.0 Å². The first-order chi connectivity index (χ1) is 17.4. The Morgan fingerprint density at radius 2 is 1.22 bits per heavy atom. The largest absolute Gasteiger partial charge is 0.404 e. The summed E-state index contributed by atoms with van der Waals surface area (Å²) in [6.45, 7) is 10.9. The Morgan fingerprint density at radius 3 is 1.72 bits per heavy atom. The molecule has 36 heavy (non-hydrogen) atoms. The predicted octanol–water partition coefficient (Wildman–Crippen LogP) is 6.07. The Labute approximate surface area is 219 Å². The van der Waals surface area contributed by atoms with Gasteiger partial charge in [-0.2, -0.15) is 0 Å². The molecule has 0 radical (unpaired) electrons. The lowest BCUT2D eigenvalue weighted by Gasteiger charge is -2.46. The van der Waals surface area contributed by atoms with E-state index in [9.17, 15) is 0 Å². The predicted molar refractivity (Wildman–Crippen MR) is 153 cm³/mol. The average molecular weight is 502 g/mol. The van der Waals surface area contributed by atoms with Gasteiger partial charge in [-0.05, 0) is 53.6 Å². The van der Waals surface area contributed by atoms with E-state index in [1.807, 2.05) is 0 Å². The molecule has 3 aromatic rings. The molecule has 1 N–H and O–H groups in total. The molecule has 192 valence electrons. The van der Waals surface area contributed by atoms with Gasteiger partial charge in [-0.3, -0.25) is 0 Å². The van der Waals surface area contributed by atoms with Gasteiger partial charge in [0.15, 0.2) is 0 Å². The minimum absolute atomic E-state index is 0.0168. The molecule has 0 heterocycles. The van der Waals surface area contributed by atoms with Gasteiger partial charge in [0, 0.05) is 18.7 Å². The lowest BCUT2D eigenvalue weighted by molar-refractivity contribution is -0.00663. The van der Waals surface area contributed by atoms with Crippen LogP contribution in [0.2, 0.25) is 5.04 Å². The van der Waals surface area contributed by atoms with Crippen LogP contribution in [0.4, 0.5) is 0 Å². The fraction of sp³-hybridized carbons (Fsp3) is 0.438. The van der Waals surface area contributed by atoms with Crippen molar-refractivity contribution in [3.8, 4) is 0 Å². The highest BCUT2D eigenvalue weighted by atomic mass is 28.4. The molecule has 0 saturated heterocycles. The summed E-state index contributed by atoms with van der Waals surface area (Å²) in [5.41, 5.74) is 1.31. The molecule has 1 aliphatic rings. The Bertz CT molecular complexity index is 989. The molecule has 0 unspecified atom stereocenters. The summed E-state index contributed by atoms with van der Waals surface area (Å²) in [6, 6.07) is 32.9. The van der Waals surface area contributed by atoms with Crippen molar-refractivity contribution in [1.29, 1.82) is 0 Å². The van der Waals surface area contributed by atoms with Crippen molar-refractivity contribution in [2.45, 2.75) is 83.2 Å². The molecule has 1 aliphatic carbocycles. The molecule has 4 heteroatoms. The summed E-state index contributed by atoms with van der Waals surface area (Å²) in [7, 11) is -2.49. The van der Waals surface area contributed by atoms with Crippen LogP contribution in [0.5, 0.6) is 0 Å². The van der Waals surface area contributed by atoms with Gasteiger partial charge in [0.25, 0.3) is 8.32 Å². The summed E-state index contributed by atoms with van der Waals surface area (Å²) in [5, 5.41) is 6.33. The van der Waals surface area contributed by atoms with E-state index in [4.69, 9.17) is 9.16 Å². The minimum atomic E-state index is -2.49. The van der Waals surface area contributed by atoms with Crippen molar-refractivity contribution in [3.05, 3.63) is 96.6 Å². The van der Waals surface area contributed by atoms with Gasteiger partial charge in [0.05, 0.1) is 12.7 Å². The molecule has 1 fully saturated rings. The van der Waals surface area contributed by atoms with Crippen molar-refractivity contribution < 1.29 is 9.16 Å². The Morgan fingerprint density at radius 1 is 0.750 bits per heavy atom. The standard InChI is InChI=1S/C32H43NO2Si/c1-26(33-24-27-14-8-5-9-15-27)25-34-28-20-22-29(23-21-28)35-36(32(2,3)4,30-16-10-6-11-17-30)31-18-12-7-13-19-31/h5-19,26,28-29,33H,20-25H2,1-4H3/t26-,28-,29+/m0/s1. The monoisotopic (exact) mass is 501 g/mol. The van der Waals surface area contributed by atoms with Gasteiger partial charge in [0.1, 0.15) is 0 Å². The van der Waals surface area contributed by atoms with Crippen LogP contribution in [0.25, 0.3) is 0 Å². The SMILES string of the molecule is C[C@@H](CO[C@H]1CC[C@@H](O[Si](c2ccccc2)(c2ccccc2)C(C)(C)C)CC1)NCc1ccccc1. The number of ether oxygens (including phenoxy) is 1. The van der Waals surface area contributed by atoms with E-state index in [2.05, 4.69) is 124 Å². The number of nitrogens with one attached hydrogen (secondary N) is 1. The second-order valence-electron chi connectivity index (χ2n) is 11.3. The highest BCUT2D eigenvalue weighted by Gasteiger charge is 2.51. The fourth-order valence-corrected chi connectivity index (χ4v) is 10.2. The fourth-order valence-electron chi connectivity index (χ4n) is 5.49. The van der Waals surface area contributed by atoms with Gasteiger partial charge in [-0.1, -0.05) is 112 Å². The zero-order valence-electron chi connectivity index (χ0n) is 22.5. The summed E-state index contributed by atoms with van der Waals surface area (Å²) in [4.78, 5) is 0. The smallest absolute Gasteiger partial charge is 0.261 e. The first kappa shape index (κ1) is 26.8. The average Bonchev–Trinajstić information content (AvgIpc) is 2.91. The summed E-state index contributed by atoms with van der Waals surface area (Å²) in [5.74, 6) is 0. The molecular weight excluding hydrogens is 458 g/mol. The third-order valence-corrected chi connectivity index (χ3v) is 12.6. The topological polar surface area (TPSA) is 30.5 Å². The van der Waals surface area contributed by atoms with Crippen molar-refractivity contribution in [1.82, 2.24) is 5.32 Å². The van der Waals surface area contributed by atoms with Crippen LogP contribution in [-0.2, 0) is 15.7 Å². The molecule has 0 amide bonds. The van der Waals surface area contributed by atoms with E-state index in [0.717, 1.165) is 38.8 Å². The maximum atomic E-state index is 7.35. The van der Waals surface area contributed by atoms with E-state index in [1.165, 1.54) is 15.9 Å². The summed E-state index contributed by atoms with van der Waals surface area (Å²) in [6.07, 6.45) is 4.83. The van der Waals surface area contributed by atoms with E-state index < -0.39 is 8.32 Å². The third kappa shape index (κ3) is 6.54. The van der Waals surface area contributed by atoms with Crippen LogP contribution in [0, 0.1) is 0 Å². The van der Waals surface area contributed by atoms with Crippen molar-refractivity contribution in [3.63, 3.8) is 0 Å². The normalized spacial score (nSPS) is 19.7. The molecule has 0 aromatic heterocycles. The van der Waals surface area contributed by atoms with Gasteiger partial charge >= 0.3 is 0 Å². The van der Waals surface area contributed by atoms with Gasteiger partial charge in [-0.15, -0.1) is 0 Å². The van der Waals surface area contributed by atoms with E-state index >= 15 is 0 Å². The van der Waals surface area contributed by atoms with Gasteiger partial charge in [0.2, 0.25) is 0 Å². The quantitative estimate of drug-likeness (QED) is 0.342. The molecular formula is C32H43NO2Si. The molecule has 0 spiro atoms. The number of hydrogen-bond donors (Lipinski definition) is 1. The Kier molecular flexibility index (Phi) is 9.18. The maximum absolute atomic E-state index is 7.35. The van der Waals surface area contributed by atoms with Crippen LogP contribution >= 0.6 is 0 Å². The molecule has 4 rings (SSSR count). The molecule has 1 atom stereocenters. The van der Waals surface area contributed by atoms with E-state index in [-0.39, 0.29) is 11.1 Å². The molecule has 3 nitrogen and oxygen atoms in total. The summed E-state index contributed by atoms with van der Waals surface area (Å²) < 4.78 is 13.7. The van der Waals surface area contributed by atoms with Crippen molar-refractivity contribution >= 4 is 18.7 Å². The molecule has 0 bridgehead atoms. The van der Waals surface area contributed by atoms with Crippen LogP contribution < -0.4 is 15.7 Å². The third-order valence-electron chi connectivity index (χ3n) is 7.46. The van der Waals surface area contributed by atoms with Gasteiger partial charge < -0.3 is 14.5 Å².